The second kappa shape index (κ2) is 6.63. The van der Waals surface area contributed by atoms with Gasteiger partial charge >= 0.3 is 0 Å². The van der Waals surface area contributed by atoms with E-state index in [1.54, 1.807) is 19.4 Å². The van der Waals surface area contributed by atoms with Crippen molar-refractivity contribution in [2.75, 3.05) is 26.8 Å². The molecule has 2 rings (SSSR count). The number of hydrogen-bond donors (Lipinski definition) is 1. The highest BCUT2D eigenvalue weighted by molar-refractivity contribution is 5.92. The zero-order valence-corrected chi connectivity index (χ0v) is 11.3. The summed E-state index contributed by atoms with van der Waals surface area (Å²) in [7, 11) is 1.70. The van der Waals surface area contributed by atoms with E-state index in [0.29, 0.717) is 24.8 Å². The second-order valence-corrected chi connectivity index (χ2v) is 4.97. The lowest BCUT2D eigenvalue weighted by molar-refractivity contribution is 0.0565. The summed E-state index contributed by atoms with van der Waals surface area (Å²) in [5.41, 5.74) is 6.95. The second-order valence-electron chi connectivity index (χ2n) is 4.97. The highest BCUT2D eigenvalue weighted by atomic mass is 16.5. The zero-order valence-electron chi connectivity index (χ0n) is 11.3. The average molecular weight is 263 g/mol. The number of rotatable bonds is 4. The van der Waals surface area contributed by atoms with Crippen LogP contribution in [0.15, 0.2) is 18.3 Å². The Morgan fingerprint density at radius 1 is 1.58 bits per heavy atom. The van der Waals surface area contributed by atoms with Crippen molar-refractivity contribution in [3.05, 3.63) is 29.6 Å². The summed E-state index contributed by atoms with van der Waals surface area (Å²) in [6.07, 6.45) is 3.82. The predicted molar refractivity (Wildman–Crippen MR) is 72.6 cm³/mol. The van der Waals surface area contributed by atoms with E-state index in [1.165, 1.54) is 0 Å². The molecule has 104 valence electrons. The minimum absolute atomic E-state index is 0.00405. The van der Waals surface area contributed by atoms with Gasteiger partial charge in [-0.25, -0.2) is 0 Å². The molecule has 1 aromatic rings. The van der Waals surface area contributed by atoms with Gasteiger partial charge in [0, 0.05) is 32.9 Å². The Morgan fingerprint density at radius 2 is 2.42 bits per heavy atom. The number of carbonyl (C=O) groups excluding carboxylic acids is 1. The molecule has 0 aromatic carbocycles. The molecule has 1 aliphatic heterocycles. The summed E-state index contributed by atoms with van der Waals surface area (Å²) in [5.74, 6) is 0.440. The van der Waals surface area contributed by atoms with Gasteiger partial charge in [-0.05, 0) is 30.4 Å². The molecule has 2 N–H and O–H groups in total. The number of methoxy groups -OCH3 is 1. The Bertz CT molecular complexity index is 417. The summed E-state index contributed by atoms with van der Waals surface area (Å²) >= 11 is 0. The molecule has 0 spiro atoms. The molecule has 1 aromatic heterocycles. The van der Waals surface area contributed by atoms with Crippen LogP contribution in [0.3, 0.4) is 0 Å². The Balaban J connectivity index is 2.01. The molecule has 5 nitrogen and oxygen atoms in total. The van der Waals surface area contributed by atoms with E-state index in [4.69, 9.17) is 10.5 Å². The molecule has 1 aliphatic rings. The molecule has 0 bridgehead atoms. The largest absolute Gasteiger partial charge is 0.384 e. The molecule has 2 heterocycles. The number of ether oxygens (including phenoxy) is 1. The van der Waals surface area contributed by atoms with Crippen molar-refractivity contribution in [2.24, 2.45) is 11.7 Å². The number of nitrogens with zero attached hydrogens (tertiary/aromatic N) is 2. The number of carbonyl (C=O) groups is 1. The number of nitrogens with two attached hydrogens (primary N) is 1. The summed E-state index contributed by atoms with van der Waals surface area (Å²) in [6, 6.07) is 3.61. The third-order valence-electron chi connectivity index (χ3n) is 3.49. The van der Waals surface area contributed by atoms with E-state index < -0.39 is 0 Å². The smallest absolute Gasteiger partial charge is 0.272 e. The van der Waals surface area contributed by atoms with Crippen molar-refractivity contribution in [1.82, 2.24) is 9.88 Å². The lowest BCUT2D eigenvalue weighted by Gasteiger charge is -2.32. The van der Waals surface area contributed by atoms with Gasteiger partial charge in [0.05, 0.1) is 6.61 Å². The molecule has 1 fully saturated rings. The van der Waals surface area contributed by atoms with Gasteiger partial charge < -0.3 is 15.4 Å². The average Bonchev–Trinajstić information content (AvgIpc) is 2.47. The van der Waals surface area contributed by atoms with Gasteiger partial charge in [0.1, 0.15) is 5.69 Å². The number of aromatic nitrogens is 1. The number of amides is 1. The molecular weight excluding hydrogens is 242 g/mol. The number of piperidine rings is 1. The first-order valence-electron chi connectivity index (χ1n) is 6.67. The predicted octanol–water partition coefficient (Wildman–Crippen LogP) is 1.04. The molecule has 5 heteroatoms. The van der Waals surface area contributed by atoms with E-state index in [0.717, 1.165) is 31.5 Å². The summed E-state index contributed by atoms with van der Waals surface area (Å²) < 4.78 is 5.18. The maximum atomic E-state index is 12.3. The first kappa shape index (κ1) is 14.0. The van der Waals surface area contributed by atoms with Gasteiger partial charge in [-0.3, -0.25) is 9.78 Å². The monoisotopic (exact) mass is 263 g/mol. The maximum absolute atomic E-state index is 12.3. The summed E-state index contributed by atoms with van der Waals surface area (Å²) in [5, 5.41) is 0. The van der Waals surface area contributed by atoms with Gasteiger partial charge in [0.2, 0.25) is 0 Å². The standard InChI is InChI=1S/C14H21N3O2/c1-19-10-12-3-2-6-17(9-12)14(18)13-5-4-11(7-15)8-16-13/h4-5,8,12H,2-3,6-7,9-10,15H2,1H3. The van der Waals surface area contributed by atoms with Crippen molar-refractivity contribution in [2.45, 2.75) is 19.4 Å². The van der Waals surface area contributed by atoms with Gasteiger partial charge in [-0.1, -0.05) is 6.07 Å². The van der Waals surface area contributed by atoms with Gasteiger partial charge in [0.25, 0.3) is 5.91 Å². The van der Waals surface area contributed by atoms with E-state index in [2.05, 4.69) is 4.98 Å². The Hall–Kier alpha value is -1.46. The highest BCUT2D eigenvalue weighted by Crippen LogP contribution is 2.18. The fourth-order valence-corrected chi connectivity index (χ4v) is 2.46. The van der Waals surface area contributed by atoms with Crippen LogP contribution in [0.5, 0.6) is 0 Å². The summed E-state index contributed by atoms with van der Waals surface area (Å²) in [4.78, 5) is 18.4. The van der Waals surface area contributed by atoms with Crippen molar-refractivity contribution in [3.63, 3.8) is 0 Å². The van der Waals surface area contributed by atoms with Crippen molar-refractivity contribution >= 4 is 5.91 Å². The molecule has 19 heavy (non-hydrogen) atoms. The van der Waals surface area contributed by atoms with Crippen LogP contribution in [0.1, 0.15) is 28.9 Å². The van der Waals surface area contributed by atoms with Crippen LogP contribution in [0.2, 0.25) is 0 Å². The molecule has 1 atom stereocenters. The van der Waals surface area contributed by atoms with Gasteiger partial charge in [-0.2, -0.15) is 0 Å². The van der Waals surface area contributed by atoms with Crippen LogP contribution in [0.4, 0.5) is 0 Å². The number of hydrogen-bond acceptors (Lipinski definition) is 4. The fourth-order valence-electron chi connectivity index (χ4n) is 2.46. The van der Waals surface area contributed by atoms with E-state index in [9.17, 15) is 4.79 Å². The molecule has 1 amide bonds. The first-order chi connectivity index (χ1) is 9.24. The van der Waals surface area contributed by atoms with Crippen LogP contribution >= 0.6 is 0 Å². The van der Waals surface area contributed by atoms with Crippen LogP contribution in [0.25, 0.3) is 0 Å². The van der Waals surface area contributed by atoms with Crippen LogP contribution in [-0.2, 0) is 11.3 Å². The fraction of sp³-hybridized carbons (Fsp3) is 0.571. The third-order valence-corrected chi connectivity index (χ3v) is 3.49. The zero-order chi connectivity index (χ0) is 13.7. The molecule has 1 saturated heterocycles. The molecule has 0 aliphatic carbocycles. The molecule has 0 saturated carbocycles. The quantitative estimate of drug-likeness (QED) is 0.881. The van der Waals surface area contributed by atoms with Crippen molar-refractivity contribution in [1.29, 1.82) is 0 Å². The Labute approximate surface area is 113 Å². The molecule has 0 radical (unpaired) electrons. The van der Waals surface area contributed by atoms with Crippen LogP contribution < -0.4 is 5.73 Å². The minimum atomic E-state index is 0.00405. The molecular formula is C14H21N3O2. The van der Waals surface area contributed by atoms with E-state index in [-0.39, 0.29) is 5.91 Å². The topological polar surface area (TPSA) is 68.5 Å². The van der Waals surface area contributed by atoms with Crippen LogP contribution in [-0.4, -0.2) is 42.6 Å². The van der Waals surface area contributed by atoms with Crippen LogP contribution in [0, 0.1) is 5.92 Å². The minimum Gasteiger partial charge on any atom is -0.384 e. The SMILES string of the molecule is COCC1CCCN(C(=O)c2ccc(CN)cn2)C1. The van der Waals surface area contributed by atoms with E-state index >= 15 is 0 Å². The maximum Gasteiger partial charge on any atom is 0.272 e. The number of likely N-dealkylation sites (tertiary alicyclic amines) is 1. The number of pyridine rings is 1. The molecule has 1 unspecified atom stereocenters. The third kappa shape index (κ3) is 3.52. The van der Waals surface area contributed by atoms with Crippen molar-refractivity contribution in [3.8, 4) is 0 Å². The lowest BCUT2D eigenvalue weighted by atomic mass is 9.98. The van der Waals surface area contributed by atoms with Gasteiger partial charge in [-0.15, -0.1) is 0 Å². The normalized spacial score (nSPS) is 19.5. The van der Waals surface area contributed by atoms with E-state index in [1.807, 2.05) is 11.0 Å². The first-order valence-corrected chi connectivity index (χ1v) is 6.67. The Kier molecular flexibility index (Phi) is 4.87. The Morgan fingerprint density at radius 3 is 3.05 bits per heavy atom. The van der Waals surface area contributed by atoms with Gasteiger partial charge in [0.15, 0.2) is 0 Å². The van der Waals surface area contributed by atoms with Crippen molar-refractivity contribution < 1.29 is 9.53 Å². The summed E-state index contributed by atoms with van der Waals surface area (Å²) in [6.45, 7) is 2.72. The highest BCUT2D eigenvalue weighted by Gasteiger charge is 2.24. The lowest BCUT2D eigenvalue weighted by Crippen LogP contribution is -2.41.